The van der Waals surface area contributed by atoms with Crippen molar-refractivity contribution >= 4 is 30.4 Å². The first kappa shape index (κ1) is 23.5. The van der Waals surface area contributed by atoms with Gasteiger partial charge in [-0.15, -0.1) is 12.4 Å². The Morgan fingerprint density at radius 2 is 1.64 bits per heavy atom. The molecule has 1 aliphatic heterocycles. The molecule has 1 heterocycles. The van der Waals surface area contributed by atoms with E-state index in [-0.39, 0.29) is 43.2 Å². The number of ether oxygens (including phenoxy) is 2. The summed E-state index contributed by atoms with van der Waals surface area (Å²) in [6.07, 6.45) is 1.88. The average molecular weight is 380 g/mol. The van der Waals surface area contributed by atoms with Crippen molar-refractivity contribution < 1.29 is 23.9 Å². The quantitative estimate of drug-likeness (QED) is 0.501. The summed E-state index contributed by atoms with van der Waals surface area (Å²) in [5, 5.41) is 0. The van der Waals surface area contributed by atoms with Gasteiger partial charge in [0.15, 0.2) is 0 Å². The molecule has 0 saturated carbocycles. The zero-order valence-electron chi connectivity index (χ0n) is 15.1. The number of unbranched alkanes of at least 4 members (excludes halogenated alkanes) is 1. The lowest BCUT2D eigenvalue weighted by Crippen LogP contribution is -2.54. The zero-order chi connectivity index (χ0) is 17.9. The maximum atomic E-state index is 12.3. The Hall–Kier alpha value is -1.54. The summed E-state index contributed by atoms with van der Waals surface area (Å²) in [4.78, 5) is 38.7. The van der Waals surface area contributed by atoms with Crippen molar-refractivity contribution in [3.05, 3.63) is 0 Å². The van der Waals surface area contributed by atoms with Crippen LogP contribution in [0.25, 0.3) is 0 Å². The summed E-state index contributed by atoms with van der Waals surface area (Å²) in [5.41, 5.74) is 5.86. The summed E-state index contributed by atoms with van der Waals surface area (Å²) >= 11 is 0. The number of hydrogen-bond acceptors (Lipinski definition) is 6. The summed E-state index contributed by atoms with van der Waals surface area (Å²) in [6.45, 7) is 6.22. The number of carbonyl (C=O) groups excluding carboxylic acids is 3. The lowest BCUT2D eigenvalue weighted by Gasteiger charge is -2.35. The van der Waals surface area contributed by atoms with Crippen molar-refractivity contribution in [2.75, 3.05) is 39.4 Å². The smallest absolute Gasteiger partial charge is 0.409 e. The first-order valence-electron chi connectivity index (χ1n) is 8.61. The van der Waals surface area contributed by atoms with Crippen LogP contribution in [0.4, 0.5) is 4.79 Å². The molecule has 0 unspecified atom stereocenters. The van der Waals surface area contributed by atoms with Gasteiger partial charge >= 0.3 is 12.1 Å². The first-order valence-corrected chi connectivity index (χ1v) is 8.61. The van der Waals surface area contributed by atoms with E-state index in [0.717, 1.165) is 12.8 Å². The van der Waals surface area contributed by atoms with E-state index in [1.54, 1.807) is 16.7 Å². The van der Waals surface area contributed by atoms with Gasteiger partial charge in [-0.3, -0.25) is 9.59 Å². The van der Waals surface area contributed by atoms with Crippen LogP contribution < -0.4 is 5.73 Å². The summed E-state index contributed by atoms with van der Waals surface area (Å²) in [7, 11) is 0. The predicted octanol–water partition coefficient (Wildman–Crippen LogP) is 1.16. The molecule has 0 aliphatic carbocycles. The zero-order valence-corrected chi connectivity index (χ0v) is 15.9. The molecular weight excluding hydrogens is 350 g/mol. The maximum absolute atomic E-state index is 12.3. The fraction of sp³-hybridized carbons (Fsp3) is 0.812. The van der Waals surface area contributed by atoms with Crippen LogP contribution in [0, 0.1) is 0 Å². The van der Waals surface area contributed by atoms with Gasteiger partial charge in [-0.05, 0) is 19.8 Å². The van der Waals surface area contributed by atoms with E-state index in [1.807, 2.05) is 6.92 Å². The normalized spacial score (nSPS) is 15.2. The molecule has 0 spiro atoms. The molecule has 1 atom stereocenters. The van der Waals surface area contributed by atoms with Gasteiger partial charge in [0.2, 0.25) is 5.91 Å². The van der Waals surface area contributed by atoms with Gasteiger partial charge in [-0.1, -0.05) is 13.3 Å². The minimum Gasteiger partial charge on any atom is -0.466 e. The number of nitrogens with two attached hydrogens (primary N) is 1. The van der Waals surface area contributed by atoms with Gasteiger partial charge in [0.05, 0.1) is 19.3 Å². The summed E-state index contributed by atoms with van der Waals surface area (Å²) < 4.78 is 9.98. The molecule has 1 rings (SSSR count). The van der Waals surface area contributed by atoms with Crippen LogP contribution in [-0.4, -0.2) is 73.2 Å². The highest BCUT2D eigenvalue weighted by molar-refractivity contribution is 5.85. The molecule has 0 aromatic rings. The standard InChI is InChI=1S/C16H29N3O5.ClH/c1-3-5-12-24-16(22)19-10-8-18(9-11-19)15(21)13(17)6-7-14(20)23-4-2;/h13H,3-12,17H2,1-2H3;1H/t13-;/m0./s1. The number of hydrogen-bond donors (Lipinski definition) is 1. The molecule has 0 aromatic heterocycles. The van der Waals surface area contributed by atoms with Crippen molar-refractivity contribution in [3.63, 3.8) is 0 Å². The maximum Gasteiger partial charge on any atom is 0.409 e. The van der Waals surface area contributed by atoms with Crippen LogP contribution in [-0.2, 0) is 19.1 Å². The highest BCUT2D eigenvalue weighted by atomic mass is 35.5. The number of nitrogens with zero attached hydrogens (tertiary/aromatic N) is 2. The van der Waals surface area contributed by atoms with E-state index in [2.05, 4.69) is 0 Å². The van der Waals surface area contributed by atoms with Crippen molar-refractivity contribution in [1.82, 2.24) is 9.80 Å². The van der Waals surface area contributed by atoms with Gasteiger partial charge in [0.25, 0.3) is 0 Å². The Balaban J connectivity index is 0.00000576. The molecule has 0 radical (unpaired) electrons. The van der Waals surface area contributed by atoms with Crippen LogP contribution in [0.1, 0.15) is 39.5 Å². The number of halogens is 1. The highest BCUT2D eigenvalue weighted by Gasteiger charge is 2.28. The number of esters is 1. The van der Waals surface area contributed by atoms with E-state index in [1.165, 1.54) is 0 Å². The Bertz CT molecular complexity index is 428. The van der Waals surface area contributed by atoms with E-state index in [0.29, 0.717) is 39.4 Å². The number of rotatable bonds is 8. The number of piperazine rings is 1. The predicted molar refractivity (Wildman–Crippen MR) is 95.5 cm³/mol. The fourth-order valence-electron chi connectivity index (χ4n) is 2.37. The van der Waals surface area contributed by atoms with Gasteiger partial charge < -0.3 is 25.0 Å². The lowest BCUT2D eigenvalue weighted by molar-refractivity contribution is -0.143. The average Bonchev–Trinajstić information content (AvgIpc) is 2.59. The van der Waals surface area contributed by atoms with Gasteiger partial charge in [0.1, 0.15) is 0 Å². The molecule has 0 aromatic carbocycles. The molecule has 146 valence electrons. The summed E-state index contributed by atoms with van der Waals surface area (Å²) in [6, 6.07) is -0.725. The SMILES string of the molecule is CCCCOC(=O)N1CCN(C(=O)[C@@H](N)CCC(=O)OCC)CC1.Cl. The third-order valence-electron chi connectivity index (χ3n) is 3.85. The molecule has 1 aliphatic rings. The third-order valence-corrected chi connectivity index (χ3v) is 3.85. The third kappa shape index (κ3) is 8.40. The van der Waals surface area contributed by atoms with Gasteiger partial charge in [0, 0.05) is 32.6 Å². The Morgan fingerprint density at radius 3 is 2.20 bits per heavy atom. The van der Waals surface area contributed by atoms with Gasteiger partial charge in [-0.25, -0.2) is 4.79 Å². The monoisotopic (exact) mass is 379 g/mol. The minimum absolute atomic E-state index is 0. The summed E-state index contributed by atoms with van der Waals surface area (Å²) in [5.74, 6) is -0.543. The largest absolute Gasteiger partial charge is 0.466 e. The van der Waals surface area contributed by atoms with Crippen molar-refractivity contribution in [1.29, 1.82) is 0 Å². The number of amides is 2. The molecule has 1 fully saturated rings. The van der Waals surface area contributed by atoms with E-state index < -0.39 is 6.04 Å². The lowest BCUT2D eigenvalue weighted by atomic mass is 10.1. The minimum atomic E-state index is -0.725. The second-order valence-electron chi connectivity index (χ2n) is 5.73. The van der Waals surface area contributed by atoms with Crippen LogP contribution in [0.5, 0.6) is 0 Å². The van der Waals surface area contributed by atoms with E-state index in [9.17, 15) is 14.4 Å². The molecule has 25 heavy (non-hydrogen) atoms. The van der Waals surface area contributed by atoms with Crippen LogP contribution >= 0.6 is 12.4 Å². The van der Waals surface area contributed by atoms with Crippen molar-refractivity contribution in [3.8, 4) is 0 Å². The van der Waals surface area contributed by atoms with Crippen molar-refractivity contribution in [2.24, 2.45) is 5.73 Å². The first-order chi connectivity index (χ1) is 11.5. The molecule has 9 heteroatoms. The second-order valence-corrected chi connectivity index (χ2v) is 5.73. The van der Waals surface area contributed by atoms with Crippen molar-refractivity contribution in [2.45, 2.75) is 45.6 Å². The molecule has 1 saturated heterocycles. The Kier molecular flexibility index (Phi) is 12.0. The molecule has 0 bridgehead atoms. The second kappa shape index (κ2) is 12.8. The van der Waals surface area contributed by atoms with Crippen LogP contribution in [0.2, 0.25) is 0 Å². The van der Waals surface area contributed by atoms with Crippen LogP contribution in [0.3, 0.4) is 0 Å². The molecular formula is C16H30ClN3O5. The van der Waals surface area contributed by atoms with E-state index >= 15 is 0 Å². The fourth-order valence-corrected chi connectivity index (χ4v) is 2.37. The van der Waals surface area contributed by atoms with E-state index in [4.69, 9.17) is 15.2 Å². The Labute approximate surface area is 155 Å². The Morgan fingerprint density at radius 1 is 1.04 bits per heavy atom. The van der Waals surface area contributed by atoms with Gasteiger partial charge in [-0.2, -0.15) is 0 Å². The van der Waals surface area contributed by atoms with Crippen LogP contribution in [0.15, 0.2) is 0 Å². The molecule has 2 amide bonds. The topological polar surface area (TPSA) is 102 Å². The molecule has 2 N–H and O–H groups in total. The number of carbonyl (C=O) groups is 3. The highest BCUT2D eigenvalue weighted by Crippen LogP contribution is 2.08. The molecule has 8 nitrogen and oxygen atoms in total.